The second kappa shape index (κ2) is 5.99. The molecule has 2 aromatic rings. The Balaban J connectivity index is 2.22. The van der Waals surface area contributed by atoms with Crippen molar-refractivity contribution >= 4 is 27.5 Å². The van der Waals surface area contributed by atoms with E-state index in [4.69, 9.17) is 17.3 Å². The minimum atomic E-state index is -0.602. The molecule has 1 atom stereocenters. The highest BCUT2D eigenvalue weighted by Gasteiger charge is 2.10. The Labute approximate surface area is 123 Å². The largest absolute Gasteiger partial charge is 0.324 e. The van der Waals surface area contributed by atoms with Crippen LogP contribution in [0.3, 0.4) is 0 Å². The van der Waals surface area contributed by atoms with Gasteiger partial charge in [0, 0.05) is 21.6 Å². The van der Waals surface area contributed by atoms with Crippen molar-refractivity contribution in [3.63, 3.8) is 0 Å². The van der Waals surface area contributed by atoms with E-state index in [0.717, 1.165) is 16.1 Å². The standard InChI is InChI=1S/C14H11BrClF2N/c15-10-4-9(5-11(16)6-10)14(19)3-8-1-12(17)7-13(18)2-8/h1-2,4-7,14H,3,19H2. The second-order valence-corrected chi connectivity index (χ2v) is 5.64. The lowest BCUT2D eigenvalue weighted by molar-refractivity contribution is 0.576. The van der Waals surface area contributed by atoms with Crippen molar-refractivity contribution in [3.05, 3.63) is 68.7 Å². The molecular weight excluding hydrogens is 336 g/mol. The molecule has 0 aromatic heterocycles. The van der Waals surface area contributed by atoms with Gasteiger partial charge in [-0.25, -0.2) is 8.78 Å². The monoisotopic (exact) mass is 345 g/mol. The Morgan fingerprint density at radius 3 is 2.26 bits per heavy atom. The van der Waals surface area contributed by atoms with E-state index < -0.39 is 11.6 Å². The van der Waals surface area contributed by atoms with Gasteiger partial charge in [-0.1, -0.05) is 27.5 Å². The van der Waals surface area contributed by atoms with Gasteiger partial charge in [0.1, 0.15) is 11.6 Å². The van der Waals surface area contributed by atoms with Gasteiger partial charge in [0.15, 0.2) is 0 Å². The quantitative estimate of drug-likeness (QED) is 0.862. The van der Waals surface area contributed by atoms with Crippen LogP contribution in [0, 0.1) is 11.6 Å². The van der Waals surface area contributed by atoms with Crippen LogP contribution in [0.25, 0.3) is 0 Å². The summed E-state index contributed by atoms with van der Waals surface area (Å²) in [7, 11) is 0. The summed E-state index contributed by atoms with van der Waals surface area (Å²) in [4.78, 5) is 0. The molecule has 0 saturated heterocycles. The summed E-state index contributed by atoms with van der Waals surface area (Å²) < 4.78 is 27.0. The number of hydrogen-bond acceptors (Lipinski definition) is 1. The zero-order valence-electron chi connectivity index (χ0n) is 9.84. The Hall–Kier alpha value is -0.970. The predicted octanol–water partition coefficient (Wildman–Crippen LogP) is 4.62. The third-order valence-corrected chi connectivity index (χ3v) is 3.37. The lowest BCUT2D eigenvalue weighted by Crippen LogP contribution is -2.13. The molecule has 0 aliphatic heterocycles. The van der Waals surface area contributed by atoms with Gasteiger partial charge in [-0.05, 0) is 47.9 Å². The number of nitrogens with two attached hydrogens (primary N) is 1. The summed E-state index contributed by atoms with van der Waals surface area (Å²) in [5.74, 6) is -1.20. The fourth-order valence-electron chi connectivity index (χ4n) is 1.89. The van der Waals surface area contributed by atoms with Crippen molar-refractivity contribution in [2.45, 2.75) is 12.5 Å². The summed E-state index contributed by atoms with van der Waals surface area (Å²) in [6, 6.07) is 8.35. The van der Waals surface area contributed by atoms with E-state index in [0.29, 0.717) is 17.0 Å². The molecule has 1 unspecified atom stereocenters. The smallest absolute Gasteiger partial charge is 0.126 e. The lowest BCUT2D eigenvalue weighted by Gasteiger charge is -2.13. The molecule has 0 bridgehead atoms. The van der Waals surface area contributed by atoms with Crippen molar-refractivity contribution < 1.29 is 8.78 Å². The van der Waals surface area contributed by atoms with Crippen molar-refractivity contribution in [2.75, 3.05) is 0 Å². The summed E-state index contributed by atoms with van der Waals surface area (Å²) in [5, 5.41) is 0.560. The molecule has 2 N–H and O–H groups in total. The van der Waals surface area contributed by atoms with Crippen molar-refractivity contribution in [1.29, 1.82) is 0 Å². The van der Waals surface area contributed by atoms with Crippen LogP contribution in [0.5, 0.6) is 0 Å². The Morgan fingerprint density at radius 2 is 1.68 bits per heavy atom. The fraction of sp³-hybridized carbons (Fsp3) is 0.143. The van der Waals surface area contributed by atoms with Gasteiger partial charge in [0.05, 0.1) is 0 Å². The first-order valence-corrected chi connectivity index (χ1v) is 6.77. The molecule has 5 heteroatoms. The molecule has 2 aromatic carbocycles. The van der Waals surface area contributed by atoms with Crippen LogP contribution in [-0.4, -0.2) is 0 Å². The molecule has 0 fully saturated rings. The summed E-state index contributed by atoms with van der Waals surface area (Å²) in [6.45, 7) is 0. The highest BCUT2D eigenvalue weighted by Crippen LogP contribution is 2.25. The molecule has 2 rings (SSSR count). The zero-order valence-corrected chi connectivity index (χ0v) is 12.2. The van der Waals surface area contributed by atoms with Crippen molar-refractivity contribution in [1.82, 2.24) is 0 Å². The Kier molecular flexibility index (Phi) is 4.55. The fourth-order valence-corrected chi connectivity index (χ4v) is 2.78. The summed E-state index contributed by atoms with van der Waals surface area (Å²) in [6.07, 6.45) is 0.335. The van der Waals surface area contributed by atoms with E-state index in [1.807, 2.05) is 6.07 Å². The highest BCUT2D eigenvalue weighted by atomic mass is 79.9. The van der Waals surface area contributed by atoms with Gasteiger partial charge >= 0.3 is 0 Å². The average Bonchev–Trinajstić information content (AvgIpc) is 2.25. The highest BCUT2D eigenvalue weighted by molar-refractivity contribution is 9.10. The molecule has 0 aliphatic carbocycles. The summed E-state index contributed by atoms with van der Waals surface area (Å²) >= 11 is 9.27. The first-order chi connectivity index (χ1) is 8.94. The van der Waals surface area contributed by atoms with Gasteiger partial charge in [-0.15, -0.1) is 0 Å². The predicted molar refractivity (Wildman–Crippen MR) is 76.1 cm³/mol. The average molecular weight is 347 g/mol. The molecule has 0 amide bonds. The van der Waals surface area contributed by atoms with E-state index in [9.17, 15) is 8.78 Å². The van der Waals surface area contributed by atoms with Crippen LogP contribution in [-0.2, 0) is 6.42 Å². The van der Waals surface area contributed by atoms with Gasteiger partial charge in [0.25, 0.3) is 0 Å². The van der Waals surface area contributed by atoms with E-state index in [1.165, 1.54) is 12.1 Å². The first-order valence-electron chi connectivity index (χ1n) is 5.60. The topological polar surface area (TPSA) is 26.0 Å². The molecule has 0 radical (unpaired) electrons. The maximum Gasteiger partial charge on any atom is 0.126 e. The third kappa shape index (κ3) is 4.00. The SMILES string of the molecule is NC(Cc1cc(F)cc(F)c1)c1cc(Cl)cc(Br)c1. The zero-order chi connectivity index (χ0) is 14.0. The van der Waals surface area contributed by atoms with Crippen molar-refractivity contribution in [2.24, 2.45) is 5.73 Å². The van der Waals surface area contributed by atoms with Crippen molar-refractivity contribution in [3.8, 4) is 0 Å². The first kappa shape index (κ1) is 14.4. The molecule has 100 valence electrons. The molecule has 19 heavy (non-hydrogen) atoms. The van der Waals surface area contributed by atoms with Crippen LogP contribution in [0.4, 0.5) is 8.78 Å². The number of benzene rings is 2. The number of halogens is 4. The van der Waals surface area contributed by atoms with Gasteiger partial charge in [-0.3, -0.25) is 0 Å². The Bertz CT molecular complexity index is 563. The van der Waals surface area contributed by atoms with Crippen LogP contribution < -0.4 is 5.73 Å². The van der Waals surface area contributed by atoms with Crippen LogP contribution >= 0.6 is 27.5 Å². The normalized spacial score (nSPS) is 12.5. The van der Waals surface area contributed by atoms with Gasteiger partial charge < -0.3 is 5.73 Å². The molecule has 0 heterocycles. The van der Waals surface area contributed by atoms with Crippen LogP contribution in [0.2, 0.25) is 5.02 Å². The number of hydrogen-bond donors (Lipinski definition) is 1. The molecule has 0 aliphatic rings. The van der Waals surface area contributed by atoms with E-state index in [2.05, 4.69) is 15.9 Å². The number of rotatable bonds is 3. The van der Waals surface area contributed by atoms with E-state index in [1.54, 1.807) is 12.1 Å². The van der Waals surface area contributed by atoms with E-state index >= 15 is 0 Å². The maximum absolute atomic E-state index is 13.1. The molecule has 1 nitrogen and oxygen atoms in total. The van der Waals surface area contributed by atoms with Gasteiger partial charge in [0.2, 0.25) is 0 Å². The molecule has 0 spiro atoms. The minimum Gasteiger partial charge on any atom is -0.324 e. The van der Waals surface area contributed by atoms with Gasteiger partial charge in [-0.2, -0.15) is 0 Å². The maximum atomic E-state index is 13.1. The minimum absolute atomic E-state index is 0.335. The second-order valence-electron chi connectivity index (χ2n) is 4.29. The van der Waals surface area contributed by atoms with E-state index in [-0.39, 0.29) is 6.04 Å². The van der Waals surface area contributed by atoms with Crippen LogP contribution in [0.15, 0.2) is 40.9 Å². The lowest BCUT2D eigenvalue weighted by atomic mass is 9.99. The molecule has 0 saturated carbocycles. The molecular formula is C14H11BrClF2N. The van der Waals surface area contributed by atoms with Crippen LogP contribution in [0.1, 0.15) is 17.2 Å². The summed E-state index contributed by atoms with van der Waals surface area (Å²) in [5.41, 5.74) is 7.36. The Morgan fingerprint density at radius 1 is 1.05 bits per heavy atom. The third-order valence-electron chi connectivity index (χ3n) is 2.69.